The lowest BCUT2D eigenvalue weighted by Crippen LogP contribution is -2.66. The second-order valence-corrected chi connectivity index (χ2v) is 27.3. The van der Waals surface area contributed by atoms with E-state index in [1.165, 1.54) is 33.9 Å². The van der Waals surface area contributed by atoms with Crippen LogP contribution < -0.4 is 10.6 Å². The Labute approximate surface area is 604 Å². The van der Waals surface area contributed by atoms with E-state index in [0.717, 1.165) is 0 Å². The Bertz CT molecular complexity index is 2840. The van der Waals surface area contributed by atoms with Crippen LogP contribution in [0.15, 0.2) is 35.7 Å². The summed E-state index contributed by atoms with van der Waals surface area (Å²) in [6.45, 7) is -0.604. The first-order chi connectivity index (χ1) is 50.7. The van der Waals surface area contributed by atoms with Gasteiger partial charge in [-0.05, 0) is 37.8 Å². The summed E-state index contributed by atoms with van der Waals surface area (Å²) >= 11 is 0. The van der Waals surface area contributed by atoms with Crippen molar-refractivity contribution in [3.63, 3.8) is 0 Å². The number of nitrogens with one attached hydrogen (secondary N) is 2. The van der Waals surface area contributed by atoms with Crippen LogP contribution >= 0.6 is 0 Å². The van der Waals surface area contributed by atoms with Crippen molar-refractivity contribution in [3.05, 3.63) is 47.1 Å². The Morgan fingerprint density at radius 2 is 0.717 bits per heavy atom. The molecule has 0 bridgehead atoms. The molecule has 0 saturated carbocycles. The third-order valence-electron chi connectivity index (χ3n) is 20.0. The SMILES string of the molecule is CC1O[C@H](O[C@@H]2C(CO)O[C@H](O[C@@H]3C(CO)O[C@@H](OCc4cn(CCOCCOCCn5cc(CO[C@H]6OC(CO)[C@H](O[C@@H]7OC(CO)[C@H](O[C@@H]8OC(C)[C@H](N[C@@H]9C=C(CO)[C@H](O)[C@@H](O)[C@@H]9O)CC8O)C(O)C7O)C(O)C6O)nn5)nn4)C(O)C3O)C(O)C2O)C(O)C[C@@H]1N[C@H]1C=C(CO)[C@@H](O)[C@H](O)[C@@H]1O. The fourth-order valence-electron chi connectivity index (χ4n) is 13.7. The maximum Gasteiger partial charge on any atom is 0.187 e. The molecule has 0 spiro atoms. The van der Waals surface area contributed by atoms with Crippen molar-refractivity contribution < 1.29 is 179 Å². The molecule has 16 unspecified atom stereocenters. The summed E-state index contributed by atoms with van der Waals surface area (Å²) in [6, 6.07) is -3.26. The minimum atomic E-state index is -1.95. The molecule has 2 aliphatic carbocycles. The molecule has 106 heavy (non-hydrogen) atoms. The highest BCUT2D eigenvalue weighted by Crippen LogP contribution is 2.37. The Morgan fingerprint density at radius 1 is 0.396 bits per heavy atom. The zero-order valence-electron chi connectivity index (χ0n) is 57.6. The summed E-state index contributed by atoms with van der Waals surface area (Å²) in [5, 5.41) is 257. The van der Waals surface area contributed by atoms with Crippen molar-refractivity contribution in [3.8, 4) is 0 Å². The Morgan fingerprint density at radius 3 is 1.05 bits per heavy atom. The van der Waals surface area contributed by atoms with Crippen LogP contribution in [0, 0.1) is 0 Å². The lowest BCUT2D eigenvalue weighted by atomic mass is 9.87. The summed E-state index contributed by atoms with van der Waals surface area (Å²) in [5.41, 5.74) is 0.698. The van der Waals surface area contributed by atoms with E-state index in [1.807, 2.05) is 0 Å². The van der Waals surface area contributed by atoms with Crippen molar-refractivity contribution in [2.24, 2.45) is 0 Å². The highest BCUT2D eigenvalue weighted by atomic mass is 16.8. The minimum Gasteiger partial charge on any atom is -0.394 e. The molecule has 6 saturated heterocycles. The predicted molar refractivity (Wildman–Crippen MR) is 340 cm³/mol. The molecule has 6 aliphatic heterocycles. The van der Waals surface area contributed by atoms with E-state index in [-0.39, 0.29) is 88.1 Å². The van der Waals surface area contributed by atoms with Crippen molar-refractivity contribution in [2.75, 3.05) is 66.1 Å². The van der Waals surface area contributed by atoms with Crippen LogP contribution in [-0.2, 0) is 92.6 Å². The van der Waals surface area contributed by atoms with Crippen molar-refractivity contribution in [1.82, 2.24) is 40.6 Å². The first-order valence-corrected chi connectivity index (χ1v) is 34.9. The lowest BCUT2D eigenvalue weighted by Gasteiger charge is -2.48. The summed E-state index contributed by atoms with van der Waals surface area (Å²) in [6.07, 6.45) is -44.5. The normalized spacial score (nSPS) is 44.0. The van der Waals surface area contributed by atoms with E-state index in [2.05, 4.69) is 31.3 Å². The third kappa shape index (κ3) is 19.8. The molecule has 44 nitrogen and oxygen atoms in total. The third-order valence-corrected chi connectivity index (χ3v) is 20.0. The van der Waals surface area contributed by atoms with Gasteiger partial charge in [-0.1, -0.05) is 22.6 Å². The van der Waals surface area contributed by atoms with Gasteiger partial charge in [0, 0.05) is 12.1 Å². The smallest absolute Gasteiger partial charge is 0.187 e. The number of aliphatic hydroxyl groups excluding tert-OH is 22. The molecule has 44 heteroatoms. The molecule has 6 fully saturated rings. The standard InChI is InChI=1S/C62H102N8O36/c1-23-29(63-31-9-25(15-71)39(79)43(83)41(31)81)11-33(77)57(97-23)103-53-37(19-75)101-61(51(91)47(53)87)105-55-35(17-73)99-59(49(89)45(55)85)95-21-27-13-69(67-65-27)3-5-93-7-8-94-6-4-70-14-28(66-68-70)22-96-60-50(90)46(86)56(36(18-74)100-60)106-62-52(92)48(88)54(38(20-76)102-62)104-58-34(78)12-30(24(2)98-58)64-32-10-26(16-72)40(80)44(84)42(32)82/h9-10,13-14,23-24,29-64,71-92H,3-8,11-12,15-22H2,1-2H3/t23?,24?,29-,30+,31-,32+,33?,34?,35?,36?,37?,38?,39+,40-,41-,42-,43-,44+,45?,46?,47?,48?,49?,50?,51?,52?,53+,54-,55+,56-,57+,58-,59+,60-,61+,62-/m1/s1. The molecule has 36 atom stereocenters. The lowest BCUT2D eigenvalue weighted by molar-refractivity contribution is -0.374. The van der Waals surface area contributed by atoms with Gasteiger partial charge in [-0.15, -0.1) is 10.2 Å². The highest BCUT2D eigenvalue weighted by molar-refractivity contribution is 5.23. The second-order valence-electron chi connectivity index (χ2n) is 27.3. The summed E-state index contributed by atoms with van der Waals surface area (Å²) < 4.78 is 83.8. The second kappa shape index (κ2) is 38.6. The van der Waals surface area contributed by atoms with Crippen molar-refractivity contribution in [2.45, 2.75) is 274 Å². The molecule has 0 amide bonds. The van der Waals surface area contributed by atoms with Gasteiger partial charge in [-0.25, -0.2) is 9.36 Å². The molecule has 0 aromatic carbocycles. The van der Waals surface area contributed by atoms with Gasteiger partial charge in [0.2, 0.25) is 0 Å². The molecule has 8 heterocycles. The van der Waals surface area contributed by atoms with E-state index in [1.54, 1.807) is 13.8 Å². The number of rotatable bonds is 33. The van der Waals surface area contributed by atoms with Crippen LogP contribution in [0.4, 0.5) is 0 Å². The summed E-state index contributed by atoms with van der Waals surface area (Å²) in [4.78, 5) is 0. The molecule has 2 aromatic rings. The van der Waals surface area contributed by atoms with Crippen LogP contribution in [0.5, 0.6) is 0 Å². The Balaban J connectivity index is 0.587. The van der Waals surface area contributed by atoms with Gasteiger partial charge in [0.05, 0.1) is 129 Å². The number of hydrogen-bond acceptors (Lipinski definition) is 42. The van der Waals surface area contributed by atoms with Gasteiger partial charge in [0.1, 0.15) is 158 Å². The van der Waals surface area contributed by atoms with Gasteiger partial charge in [-0.3, -0.25) is 0 Å². The van der Waals surface area contributed by atoms with Crippen molar-refractivity contribution >= 4 is 0 Å². The number of aliphatic hydroxyl groups is 22. The maximum atomic E-state index is 11.3. The summed E-state index contributed by atoms with van der Waals surface area (Å²) in [5.74, 6) is 0. The fourth-order valence-corrected chi connectivity index (χ4v) is 13.7. The van der Waals surface area contributed by atoms with Crippen LogP contribution in [0.25, 0.3) is 0 Å². The van der Waals surface area contributed by atoms with E-state index < -0.39 is 260 Å². The molecular weight excluding hydrogens is 1430 g/mol. The Kier molecular flexibility index (Phi) is 30.9. The van der Waals surface area contributed by atoms with Crippen LogP contribution in [0.3, 0.4) is 0 Å². The van der Waals surface area contributed by atoms with E-state index in [9.17, 15) is 112 Å². The zero-order valence-corrected chi connectivity index (χ0v) is 57.6. The first kappa shape index (κ1) is 84.7. The summed E-state index contributed by atoms with van der Waals surface area (Å²) in [7, 11) is 0. The van der Waals surface area contributed by atoms with Gasteiger partial charge in [0.15, 0.2) is 37.7 Å². The number of hydrogen-bond donors (Lipinski definition) is 24. The van der Waals surface area contributed by atoms with Gasteiger partial charge in [-0.2, -0.15) is 0 Å². The van der Waals surface area contributed by atoms with Gasteiger partial charge >= 0.3 is 0 Å². The van der Waals surface area contributed by atoms with E-state index >= 15 is 0 Å². The van der Waals surface area contributed by atoms with Crippen molar-refractivity contribution in [1.29, 1.82) is 0 Å². The predicted octanol–water partition coefficient (Wildman–Crippen LogP) is -14.4. The maximum absolute atomic E-state index is 11.3. The fraction of sp³-hybridized carbons (Fsp3) is 0.871. The van der Waals surface area contributed by atoms with Crippen LogP contribution in [-0.4, -0.2) is 429 Å². The average molecular weight is 1540 g/mol. The molecule has 10 rings (SSSR count). The van der Waals surface area contributed by atoms with E-state index in [0.29, 0.717) is 0 Å². The number of ether oxygens (including phenoxy) is 14. The molecule has 2 aromatic heterocycles. The average Bonchev–Trinajstić information content (AvgIpc) is 0.971. The molecule has 0 radical (unpaired) electrons. The minimum absolute atomic E-state index is 0.0711. The monoisotopic (exact) mass is 1530 g/mol. The molecule has 8 aliphatic rings. The topological polar surface area (TPSA) is 660 Å². The Hall–Kier alpha value is -3.76. The molecule has 24 N–H and O–H groups in total. The van der Waals surface area contributed by atoms with Crippen LogP contribution in [0.2, 0.25) is 0 Å². The first-order valence-electron chi connectivity index (χ1n) is 34.9. The number of nitrogens with zero attached hydrogens (tertiary/aromatic N) is 6. The molecular formula is C62H102N8O36. The zero-order chi connectivity index (χ0) is 76.5. The van der Waals surface area contributed by atoms with Gasteiger partial charge < -0.3 is 189 Å². The van der Waals surface area contributed by atoms with Crippen LogP contribution in [0.1, 0.15) is 38.1 Å². The quantitative estimate of drug-likeness (QED) is 0.0233. The largest absolute Gasteiger partial charge is 0.394 e. The van der Waals surface area contributed by atoms with Gasteiger partial charge in [0.25, 0.3) is 0 Å². The van der Waals surface area contributed by atoms with E-state index in [4.69, 9.17) is 66.3 Å². The number of aromatic nitrogens is 6. The molecule has 606 valence electrons. The highest BCUT2D eigenvalue weighted by Gasteiger charge is 2.56.